The van der Waals surface area contributed by atoms with Crippen LogP contribution in [0.1, 0.15) is 5.56 Å². The van der Waals surface area contributed by atoms with Gasteiger partial charge in [-0.05, 0) is 30.3 Å². The molecule has 8 heteroatoms. The van der Waals surface area contributed by atoms with E-state index in [1.165, 1.54) is 18.3 Å². The molecule has 0 unspecified atom stereocenters. The maximum Gasteiger partial charge on any atom is 0.264 e. The predicted molar refractivity (Wildman–Crippen MR) is 73.2 cm³/mol. The number of benzene rings is 1. The van der Waals surface area contributed by atoms with E-state index in [2.05, 4.69) is 26.8 Å². The van der Waals surface area contributed by atoms with Crippen molar-refractivity contribution in [3.05, 3.63) is 47.9 Å². The maximum absolute atomic E-state index is 13.2. The minimum atomic E-state index is -3.99. The van der Waals surface area contributed by atoms with Gasteiger partial charge in [0.05, 0.1) is 0 Å². The van der Waals surface area contributed by atoms with Crippen molar-refractivity contribution < 1.29 is 17.9 Å². The van der Waals surface area contributed by atoms with E-state index in [0.717, 1.165) is 18.2 Å². The van der Waals surface area contributed by atoms with Crippen LogP contribution in [0.3, 0.4) is 0 Å². The fourth-order valence-electron chi connectivity index (χ4n) is 1.52. The molecule has 0 atom stereocenters. The molecule has 2 rings (SSSR count). The lowest BCUT2D eigenvalue weighted by molar-refractivity contribution is 0.350. The molecule has 6 nitrogen and oxygen atoms in total. The summed E-state index contributed by atoms with van der Waals surface area (Å²) in [5.41, 5.74) is -0.0551. The van der Waals surface area contributed by atoms with Crippen molar-refractivity contribution in [2.75, 3.05) is 11.3 Å². The van der Waals surface area contributed by atoms with Gasteiger partial charge in [0.15, 0.2) is 5.82 Å². The van der Waals surface area contributed by atoms with Gasteiger partial charge in [-0.2, -0.15) is 5.10 Å². The number of sulfonamides is 1. The Morgan fingerprint density at radius 3 is 2.81 bits per heavy atom. The summed E-state index contributed by atoms with van der Waals surface area (Å²) < 4.78 is 40.0. The number of nitrogens with one attached hydrogen (secondary N) is 1. The molecule has 1 heterocycles. The summed E-state index contributed by atoms with van der Waals surface area (Å²) in [6, 6.07) is 6.02. The summed E-state index contributed by atoms with van der Waals surface area (Å²) in [7, 11) is -3.99. The quantitative estimate of drug-likeness (QED) is 0.817. The van der Waals surface area contributed by atoms with Crippen LogP contribution < -0.4 is 4.72 Å². The van der Waals surface area contributed by atoms with E-state index in [4.69, 9.17) is 5.11 Å². The van der Waals surface area contributed by atoms with Gasteiger partial charge in [0.1, 0.15) is 17.3 Å². The summed E-state index contributed by atoms with van der Waals surface area (Å²) in [4.78, 5) is -0.212. The number of hydrogen-bond donors (Lipinski definition) is 2. The highest BCUT2D eigenvalue weighted by Gasteiger charge is 2.19. The molecule has 2 aromatic rings. The second-order valence-corrected chi connectivity index (χ2v) is 5.47. The third-order valence-corrected chi connectivity index (χ3v) is 3.76. The van der Waals surface area contributed by atoms with Crippen molar-refractivity contribution in [3.63, 3.8) is 0 Å². The molecule has 0 spiro atoms. The third kappa shape index (κ3) is 3.75. The fourth-order valence-corrected chi connectivity index (χ4v) is 2.66. The highest BCUT2D eigenvalue weighted by atomic mass is 32.2. The molecule has 0 saturated heterocycles. The maximum atomic E-state index is 13.2. The average molecular weight is 307 g/mol. The van der Waals surface area contributed by atoms with Crippen molar-refractivity contribution in [2.24, 2.45) is 0 Å². The minimum absolute atomic E-state index is 0.0305. The van der Waals surface area contributed by atoms with E-state index >= 15 is 0 Å². The second kappa shape index (κ2) is 6.30. The zero-order valence-corrected chi connectivity index (χ0v) is 11.4. The van der Waals surface area contributed by atoms with Crippen LogP contribution in [0.4, 0.5) is 10.2 Å². The Bertz CT molecular complexity index is 798. The number of aliphatic hydroxyl groups is 1. The van der Waals surface area contributed by atoms with Gasteiger partial charge >= 0.3 is 0 Å². The lowest BCUT2D eigenvalue weighted by atomic mass is 10.2. The standard InChI is InChI=1S/C13H10FN3O3S/c14-11-5-6-12(10(9-11)3-2-8-18)21(19,20)17-13-4-1-7-15-16-13/h1,4-7,9,18H,8H2,(H,16,17). The van der Waals surface area contributed by atoms with Crippen LogP contribution >= 0.6 is 0 Å². The highest BCUT2D eigenvalue weighted by molar-refractivity contribution is 7.92. The van der Waals surface area contributed by atoms with Gasteiger partial charge < -0.3 is 5.11 Å². The van der Waals surface area contributed by atoms with Crippen LogP contribution in [0.5, 0.6) is 0 Å². The topological polar surface area (TPSA) is 92.2 Å². The number of anilines is 1. The lowest BCUT2D eigenvalue weighted by Gasteiger charge is -2.08. The lowest BCUT2D eigenvalue weighted by Crippen LogP contribution is -2.15. The molecule has 1 aromatic carbocycles. The number of halogens is 1. The van der Waals surface area contributed by atoms with Crippen molar-refractivity contribution in [2.45, 2.75) is 4.90 Å². The molecule has 0 bridgehead atoms. The molecular formula is C13H10FN3O3S. The first-order valence-corrected chi connectivity index (χ1v) is 7.21. The van der Waals surface area contributed by atoms with Gasteiger partial charge in [0, 0.05) is 11.8 Å². The first kappa shape index (κ1) is 14.9. The van der Waals surface area contributed by atoms with Crippen molar-refractivity contribution in [1.82, 2.24) is 10.2 Å². The highest BCUT2D eigenvalue weighted by Crippen LogP contribution is 2.19. The number of hydrogen-bond acceptors (Lipinski definition) is 5. The molecule has 0 fully saturated rings. The van der Waals surface area contributed by atoms with Gasteiger partial charge in [-0.1, -0.05) is 11.8 Å². The van der Waals surface area contributed by atoms with Gasteiger partial charge in [0.2, 0.25) is 0 Å². The van der Waals surface area contributed by atoms with Crippen molar-refractivity contribution in [1.29, 1.82) is 0 Å². The minimum Gasteiger partial charge on any atom is -0.384 e. The monoisotopic (exact) mass is 307 g/mol. The molecule has 0 amide bonds. The van der Waals surface area contributed by atoms with Gasteiger partial charge in [-0.25, -0.2) is 12.8 Å². The largest absolute Gasteiger partial charge is 0.384 e. The first-order valence-electron chi connectivity index (χ1n) is 5.73. The van der Waals surface area contributed by atoms with E-state index in [0.29, 0.717) is 0 Å². The molecule has 21 heavy (non-hydrogen) atoms. The van der Waals surface area contributed by atoms with Crippen LogP contribution in [0.2, 0.25) is 0 Å². The summed E-state index contributed by atoms with van der Waals surface area (Å²) in [6.45, 7) is -0.465. The molecule has 0 aliphatic carbocycles. The Labute approximate surface area is 120 Å². The number of nitrogens with zero attached hydrogens (tertiary/aromatic N) is 2. The van der Waals surface area contributed by atoms with Gasteiger partial charge in [-0.3, -0.25) is 4.72 Å². The zero-order valence-electron chi connectivity index (χ0n) is 10.6. The van der Waals surface area contributed by atoms with E-state index in [9.17, 15) is 12.8 Å². The van der Waals surface area contributed by atoms with Crippen molar-refractivity contribution >= 4 is 15.8 Å². The fraction of sp³-hybridized carbons (Fsp3) is 0.0769. The normalized spacial score (nSPS) is 10.6. The van der Waals surface area contributed by atoms with Crippen LogP contribution in [-0.4, -0.2) is 30.3 Å². The Balaban J connectivity index is 2.45. The van der Waals surface area contributed by atoms with E-state index in [-0.39, 0.29) is 16.3 Å². The summed E-state index contributed by atoms with van der Waals surface area (Å²) >= 11 is 0. The summed E-state index contributed by atoms with van der Waals surface area (Å²) in [6.07, 6.45) is 1.40. The molecule has 0 aliphatic heterocycles. The molecule has 2 N–H and O–H groups in total. The summed E-state index contributed by atoms with van der Waals surface area (Å²) in [5.74, 6) is 4.09. The van der Waals surface area contributed by atoms with Crippen molar-refractivity contribution in [3.8, 4) is 11.8 Å². The predicted octanol–water partition coefficient (Wildman–Crippen LogP) is 0.760. The van der Waals surface area contributed by atoms with Gasteiger partial charge in [0.25, 0.3) is 10.0 Å². The SMILES string of the molecule is O=S(=O)(Nc1cccnn1)c1ccc(F)cc1C#CCO. The van der Waals surface area contributed by atoms with E-state index in [1.807, 2.05) is 0 Å². The summed E-state index contributed by atoms with van der Waals surface area (Å²) in [5, 5.41) is 15.8. The molecule has 1 aromatic heterocycles. The second-order valence-electron chi connectivity index (χ2n) is 3.81. The van der Waals surface area contributed by atoms with Crippen LogP contribution in [-0.2, 0) is 10.0 Å². The third-order valence-electron chi connectivity index (χ3n) is 2.34. The Kier molecular flexibility index (Phi) is 4.47. The van der Waals surface area contributed by atoms with Crippen LogP contribution in [0, 0.1) is 17.7 Å². The van der Waals surface area contributed by atoms with Gasteiger partial charge in [-0.15, -0.1) is 5.10 Å². The number of aromatic nitrogens is 2. The van der Waals surface area contributed by atoms with E-state index < -0.39 is 22.4 Å². The molecular weight excluding hydrogens is 297 g/mol. The van der Waals surface area contributed by atoms with Crippen LogP contribution in [0.15, 0.2) is 41.4 Å². The first-order chi connectivity index (χ1) is 10.0. The Morgan fingerprint density at radius 2 is 2.14 bits per heavy atom. The molecule has 0 aliphatic rings. The molecule has 0 saturated carbocycles. The number of aliphatic hydroxyl groups excluding tert-OH is 1. The Morgan fingerprint density at radius 1 is 1.33 bits per heavy atom. The zero-order chi connectivity index (χ0) is 15.3. The molecule has 108 valence electrons. The van der Waals surface area contributed by atoms with Crippen LogP contribution in [0.25, 0.3) is 0 Å². The molecule has 0 radical (unpaired) electrons. The Hall–Kier alpha value is -2.50. The van der Waals surface area contributed by atoms with E-state index in [1.54, 1.807) is 0 Å². The number of rotatable bonds is 3. The average Bonchev–Trinajstić information content (AvgIpc) is 2.45. The smallest absolute Gasteiger partial charge is 0.264 e.